The van der Waals surface area contributed by atoms with Crippen molar-refractivity contribution in [2.24, 2.45) is 5.10 Å². The molecule has 2 aromatic heterocycles. The monoisotopic (exact) mass is 499 g/mol. The lowest BCUT2D eigenvalue weighted by molar-refractivity contribution is 0.314. The van der Waals surface area contributed by atoms with Crippen LogP contribution >= 0.6 is 22.6 Å². The van der Waals surface area contributed by atoms with Crippen molar-refractivity contribution in [3.05, 3.63) is 63.2 Å². The molecule has 9 heteroatoms. The van der Waals surface area contributed by atoms with E-state index in [2.05, 4.69) is 84.7 Å². The van der Waals surface area contributed by atoms with Gasteiger partial charge in [0.25, 0.3) is 0 Å². The summed E-state index contributed by atoms with van der Waals surface area (Å²) in [6, 6.07) is 16.2. The van der Waals surface area contributed by atoms with E-state index in [1.54, 1.807) is 6.21 Å². The predicted molar refractivity (Wildman–Crippen MR) is 122 cm³/mol. The molecule has 4 rings (SSSR count). The van der Waals surface area contributed by atoms with Gasteiger partial charge in [-0.1, -0.05) is 38.1 Å². The summed E-state index contributed by atoms with van der Waals surface area (Å²) in [5.74, 6) is 1.38. The number of halogens is 1. The second kappa shape index (κ2) is 8.52. The molecule has 0 radical (unpaired) electrons. The summed E-state index contributed by atoms with van der Waals surface area (Å²) in [6.45, 7) is 4.33. The number of hydrogen-bond acceptors (Lipinski definition) is 8. The Balaban J connectivity index is 1.57. The second-order valence-corrected chi connectivity index (χ2v) is 7.90. The Morgan fingerprint density at radius 3 is 2.24 bits per heavy atom. The number of nitrogens with one attached hydrogen (secondary N) is 2. The number of fused-ring (bicyclic) bond motifs is 1. The Morgan fingerprint density at radius 1 is 0.931 bits per heavy atom. The van der Waals surface area contributed by atoms with Gasteiger partial charge < -0.3 is 5.32 Å². The Hall–Kier alpha value is -3.08. The fraction of sp³-hybridized carbons (Fsp3) is 0.150. The van der Waals surface area contributed by atoms with Crippen molar-refractivity contribution < 1.29 is 4.63 Å². The average molecular weight is 499 g/mol. The van der Waals surface area contributed by atoms with Gasteiger partial charge in [0.05, 0.1) is 6.21 Å². The molecule has 29 heavy (non-hydrogen) atoms. The third-order valence-corrected chi connectivity index (χ3v) is 4.93. The van der Waals surface area contributed by atoms with Crippen molar-refractivity contribution in [1.82, 2.24) is 20.3 Å². The average Bonchev–Trinajstić information content (AvgIpc) is 3.17. The second-order valence-electron chi connectivity index (χ2n) is 6.66. The van der Waals surface area contributed by atoms with Gasteiger partial charge in [-0.25, -0.2) is 9.61 Å². The molecule has 8 nitrogen and oxygen atoms in total. The van der Waals surface area contributed by atoms with Crippen LogP contribution < -0.4 is 10.7 Å². The van der Waals surface area contributed by atoms with Crippen LogP contribution in [0.25, 0.3) is 11.3 Å². The molecule has 0 bridgehead atoms. The third kappa shape index (κ3) is 4.67. The van der Waals surface area contributed by atoms with Gasteiger partial charge in [0.1, 0.15) is 0 Å². The first-order chi connectivity index (χ1) is 14.1. The minimum atomic E-state index is 0.303. The number of nitrogens with zero attached hydrogens (tertiary/aromatic N) is 5. The quantitative estimate of drug-likeness (QED) is 0.220. The molecule has 0 atom stereocenters. The molecule has 0 aliphatic heterocycles. The molecule has 0 spiro atoms. The molecule has 0 amide bonds. The molecule has 146 valence electrons. The molecule has 2 N–H and O–H groups in total. The Morgan fingerprint density at radius 2 is 1.59 bits per heavy atom. The van der Waals surface area contributed by atoms with E-state index >= 15 is 0 Å². The molecule has 0 saturated heterocycles. The van der Waals surface area contributed by atoms with Crippen molar-refractivity contribution in [2.45, 2.75) is 19.8 Å². The largest absolute Gasteiger partial charge is 0.337 e. The van der Waals surface area contributed by atoms with Crippen LogP contribution in [0.15, 0.2) is 58.3 Å². The fourth-order valence-corrected chi connectivity index (χ4v) is 2.97. The third-order valence-electron chi connectivity index (χ3n) is 4.21. The summed E-state index contributed by atoms with van der Waals surface area (Å²) in [7, 11) is 0. The molecule has 0 aliphatic rings. The zero-order valence-electron chi connectivity index (χ0n) is 15.8. The summed E-state index contributed by atoms with van der Waals surface area (Å²) in [6.07, 6.45) is 1.73. The van der Waals surface area contributed by atoms with Gasteiger partial charge in [-0.2, -0.15) is 10.1 Å². The maximum Gasteiger partial charge on any atom is 0.245 e. The predicted octanol–water partition coefficient (Wildman–Crippen LogP) is 4.93. The van der Waals surface area contributed by atoms with E-state index < -0.39 is 0 Å². The van der Waals surface area contributed by atoms with Crippen LogP contribution in [0, 0.1) is 3.57 Å². The van der Waals surface area contributed by atoms with E-state index in [9.17, 15) is 0 Å². The van der Waals surface area contributed by atoms with Gasteiger partial charge in [0, 0.05) is 9.26 Å². The van der Waals surface area contributed by atoms with Gasteiger partial charge in [-0.15, -0.1) is 0 Å². The van der Waals surface area contributed by atoms with Crippen LogP contribution in [0.1, 0.15) is 30.9 Å². The molecule has 0 aliphatic carbocycles. The number of aromatic nitrogens is 4. The molecule has 4 aromatic rings. The Kier molecular flexibility index (Phi) is 5.65. The maximum absolute atomic E-state index is 4.73. The van der Waals surface area contributed by atoms with E-state index in [1.165, 1.54) is 5.56 Å². The highest BCUT2D eigenvalue weighted by molar-refractivity contribution is 14.1. The zero-order valence-corrected chi connectivity index (χ0v) is 18.0. The van der Waals surface area contributed by atoms with Gasteiger partial charge >= 0.3 is 0 Å². The number of anilines is 3. The number of hydrogen-bond donors (Lipinski definition) is 2. The highest BCUT2D eigenvalue weighted by atomic mass is 127. The first kappa shape index (κ1) is 19.2. The molecular formula is C20H18IN7O. The summed E-state index contributed by atoms with van der Waals surface area (Å²) < 4.78 is 5.87. The van der Waals surface area contributed by atoms with Crippen LogP contribution in [0.5, 0.6) is 0 Å². The molecular weight excluding hydrogens is 481 g/mol. The minimum absolute atomic E-state index is 0.303. The van der Waals surface area contributed by atoms with Crippen LogP contribution in [-0.2, 0) is 0 Å². The van der Waals surface area contributed by atoms with Crippen LogP contribution in [0.4, 0.5) is 17.3 Å². The van der Waals surface area contributed by atoms with Gasteiger partial charge in [-0.05, 0) is 74.2 Å². The molecule has 0 saturated carbocycles. The van der Waals surface area contributed by atoms with E-state index in [-0.39, 0.29) is 0 Å². The zero-order chi connectivity index (χ0) is 20.2. The first-order valence-corrected chi connectivity index (χ1v) is 10.1. The van der Waals surface area contributed by atoms with E-state index in [1.807, 2.05) is 36.4 Å². The van der Waals surface area contributed by atoms with Crippen LogP contribution in [0.3, 0.4) is 0 Å². The Labute approximate surface area is 180 Å². The smallest absolute Gasteiger partial charge is 0.245 e. The number of benzene rings is 2. The minimum Gasteiger partial charge on any atom is -0.337 e. The van der Waals surface area contributed by atoms with Crippen molar-refractivity contribution in [1.29, 1.82) is 0 Å². The van der Waals surface area contributed by atoms with E-state index in [0.717, 1.165) is 14.8 Å². The maximum atomic E-state index is 4.73. The lowest BCUT2D eigenvalue weighted by Crippen LogP contribution is -2.03. The standard InChI is InChI=1S/C20H18IN7O/c1-12(2)14-5-3-13(4-6-14)11-22-26-18-17(23-16-9-7-15(21)8-10-16)24-19-20(25-18)28-29-27-19/h3-12H,1-2H3,(H,23,24,27)(H,25,26,28). The highest BCUT2D eigenvalue weighted by Gasteiger charge is 2.12. The van der Waals surface area contributed by atoms with E-state index in [0.29, 0.717) is 28.8 Å². The van der Waals surface area contributed by atoms with Crippen molar-refractivity contribution in [2.75, 3.05) is 10.7 Å². The topological polar surface area (TPSA) is 101 Å². The summed E-state index contributed by atoms with van der Waals surface area (Å²) in [5, 5.41) is 15.0. The number of rotatable bonds is 6. The molecule has 0 unspecified atom stereocenters. The summed E-state index contributed by atoms with van der Waals surface area (Å²) in [4.78, 5) is 8.83. The van der Waals surface area contributed by atoms with E-state index in [4.69, 9.17) is 4.63 Å². The summed E-state index contributed by atoms with van der Waals surface area (Å²) in [5.41, 5.74) is 6.69. The van der Waals surface area contributed by atoms with Crippen LogP contribution in [0.2, 0.25) is 0 Å². The fourth-order valence-electron chi connectivity index (χ4n) is 2.61. The molecule has 2 heterocycles. The first-order valence-electron chi connectivity index (χ1n) is 9.00. The SMILES string of the molecule is CC(C)c1ccc(C=NNc2nc3nonc3nc2Nc2ccc(I)cc2)cc1. The van der Waals surface area contributed by atoms with Crippen molar-refractivity contribution in [3.8, 4) is 0 Å². The highest BCUT2D eigenvalue weighted by Crippen LogP contribution is 2.24. The van der Waals surface area contributed by atoms with Crippen molar-refractivity contribution in [3.63, 3.8) is 0 Å². The molecule has 2 aromatic carbocycles. The number of hydrazone groups is 1. The molecule has 0 fully saturated rings. The summed E-state index contributed by atoms with van der Waals surface area (Å²) >= 11 is 2.26. The van der Waals surface area contributed by atoms with Crippen LogP contribution in [-0.4, -0.2) is 26.5 Å². The normalized spacial score (nSPS) is 11.4. The van der Waals surface area contributed by atoms with Gasteiger partial charge in [0.2, 0.25) is 11.3 Å². The lowest BCUT2D eigenvalue weighted by atomic mass is 10.0. The van der Waals surface area contributed by atoms with Crippen molar-refractivity contribution >= 4 is 57.4 Å². The Bertz CT molecular complexity index is 1140. The lowest BCUT2D eigenvalue weighted by Gasteiger charge is -2.09. The van der Waals surface area contributed by atoms with Gasteiger partial charge in [-0.3, -0.25) is 5.43 Å². The van der Waals surface area contributed by atoms with Gasteiger partial charge in [0.15, 0.2) is 11.6 Å².